The summed E-state index contributed by atoms with van der Waals surface area (Å²) in [5, 5.41) is 9.35. The van der Waals surface area contributed by atoms with Crippen molar-refractivity contribution in [3.05, 3.63) is 95.1 Å². The van der Waals surface area contributed by atoms with Gasteiger partial charge >= 0.3 is 12.1 Å². The van der Waals surface area contributed by atoms with E-state index in [-0.39, 0.29) is 17.9 Å². The van der Waals surface area contributed by atoms with Gasteiger partial charge < -0.3 is 14.6 Å². The summed E-state index contributed by atoms with van der Waals surface area (Å²) in [5.74, 6) is 0.0473. The first-order valence-electron chi connectivity index (χ1n) is 9.31. The molecular weight excluding hydrogens is 409 g/mol. The second-order valence-corrected chi connectivity index (χ2v) is 6.71. The van der Waals surface area contributed by atoms with Crippen molar-refractivity contribution in [2.45, 2.75) is 13.1 Å². The van der Waals surface area contributed by atoms with Crippen LogP contribution in [0.5, 0.6) is 17.2 Å². The summed E-state index contributed by atoms with van der Waals surface area (Å²) in [7, 11) is 0. The van der Waals surface area contributed by atoms with Crippen LogP contribution in [-0.4, -0.2) is 17.7 Å². The number of carboxylic acids is 1. The number of alkyl halides is 3. The Morgan fingerprint density at radius 2 is 1.71 bits per heavy atom. The molecule has 0 aliphatic heterocycles. The molecule has 4 nitrogen and oxygen atoms in total. The van der Waals surface area contributed by atoms with E-state index in [1.165, 1.54) is 18.2 Å². The topological polar surface area (TPSA) is 55.8 Å². The van der Waals surface area contributed by atoms with Crippen molar-refractivity contribution in [3.63, 3.8) is 0 Å². The van der Waals surface area contributed by atoms with Gasteiger partial charge in [-0.1, -0.05) is 35.9 Å². The van der Waals surface area contributed by atoms with Gasteiger partial charge in [0.2, 0.25) is 0 Å². The van der Waals surface area contributed by atoms with E-state index < -0.39 is 17.7 Å². The van der Waals surface area contributed by atoms with Crippen molar-refractivity contribution in [2.75, 3.05) is 6.61 Å². The van der Waals surface area contributed by atoms with Gasteiger partial charge in [0, 0.05) is 6.07 Å². The van der Waals surface area contributed by atoms with E-state index >= 15 is 0 Å². The van der Waals surface area contributed by atoms with Gasteiger partial charge in [0.1, 0.15) is 29.4 Å². The Morgan fingerprint density at radius 3 is 2.39 bits per heavy atom. The molecule has 31 heavy (non-hydrogen) atoms. The zero-order valence-electron chi connectivity index (χ0n) is 16.5. The van der Waals surface area contributed by atoms with E-state index in [2.05, 4.69) is 0 Å². The lowest BCUT2D eigenvalue weighted by Crippen LogP contribution is -2.03. The number of rotatable bonds is 7. The van der Waals surface area contributed by atoms with Gasteiger partial charge in [-0.3, -0.25) is 0 Å². The Morgan fingerprint density at radius 1 is 1.00 bits per heavy atom. The third-order valence-corrected chi connectivity index (χ3v) is 4.29. The molecule has 0 aliphatic rings. The summed E-state index contributed by atoms with van der Waals surface area (Å²) in [6.07, 6.45) is -1.02. The molecule has 7 heteroatoms. The molecule has 0 spiro atoms. The van der Waals surface area contributed by atoms with E-state index in [1.54, 1.807) is 55.5 Å². The monoisotopic (exact) mass is 428 g/mol. The maximum atomic E-state index is 12.6. The number of hydrogen-bond acceptors (Lipinski definition) is 3. The number of carboxylic acid groups (broad SMARTS) is 1. The van der Waals surface area contributed by atoms with Crippen molar-refractivity contribution in [1.82, 2.24) is 0 Å². The van der Waals surface area contributed by atoms with Gasteiger partial charge in [-0.25, -0.2) is 4.79 Å². The summed E-state index contributed by atoms with van der Waals surface area (Å²) in [5.41, 5.74) is 0.791. The van der Waals surface area contributed by atoms with Gasteiger partial charge in [0.15, 0.2) is 0 Å². The lowest BCUT2D eigenvalue weighted by molar-refractivity contribution is -0.137. The minimum absolute atomic E-state index is 0.0609. The zero-order chi connectivity index (χ0) is 22.4. The highest BCUT2D eigenvalue weighted by Gasteiger charge is 2.29. The van der Waals surface area contributed by atoms with Crippen molar-refractivity contribution in [2.24, 2.45) is 0 Å². The van der Waals surface area contributed by atoms with Gasteiger partial charge in [-0.2, -0.15) is 13.2 Å². The van der Waals surface area contributed by atoms with Gasteiger partial charge in [-0.15, -0.1) is 0 Å². The van der Waals surface area contributed by atoms with Crippen LogP contribution in [0.15, 0.2) is 72.8 Å². The summed E-state index contributed by atoms with van der Waals surface area (Å²) < 4.78 is 49.1. The number of ether oxygens (including phenoxy) is 2. The number of hydrogen-bond donors (Lipinski definition) is 1. The van der Waals surface area contributed by atoms with Crippen LogP contribution in [0.25, 0.3) is 6.08 Å². The lowest BCUT2D eigenvalue weighted by Gasteiger charge is -2.11. The fourth-order valence-corrected chi connectivity index (χ4v) is 2.77. The molecule has 160 valence electrons. The number of aromatic carboxylic acids is 1. The molecule has 0 heterocycles. The number of benzene rings is 3. The average molecular weight is 428 g/mol. The second kappa shape index (κ2) is 9.38. The molecule has 3 rings (SSSR count). The first kappa shape index (κ1) is 22.0. The zero-order valence-corrected chi connectivity index (χ0v) is 16.5. The summed E-state index contributed by atoms with van der Waals surface area (Å²) in [6.45, 7) is 1.98. The molecule has 1 N–H and O–H groups in total. The van der Waals surface area contributed by atoms with Gasteiger partial charge in [0.25, 0.3) is 0 Å². The maximum Gasteiger partial charge on any atom is 0.416 e. The van der Waals surface area contributed by atoms with Crippen LogP contribution in [0.3, 0.4) is 0 Å². The first-order valence-corrected chi connectivity index (χ1v) is 9.31. The first-order chi connectivity index (χ1) is 14.7. The second-order valence-electron chi connectivity index (χ2n) is 6.71. The molecule has 0 radical (unpaired) electrons. The molecule has 0 amide bonds. The van der Waals surface area contributed by atoms with Crippen LogP contribution in [-0.2, 0) is 6.18 Å². The summed E-state index contributed by atoms with van der Waals surface area (Å²) >= 11 is 0. The maximum absolute atomic E-state index is 12.6. The highest BCUT2D eigenvalue weighted by molar-refractivity contribution is 5.91. The molecule has 0 saturated heterocycles. The largest absolute Gasteiger partial charge is 0.489 e. The van der Waals surface area contributed by atoms with Gasteiger partial charge in [0.05, 0.1) is 5.56 Å². The summed E-state index contributed by atoms with van der Waals surface area (Å²) in [6, 6.07) is 16.4. The van der Waals surface area contributed by atoms with Crippen LogP contribution in [0, 0.1) is 6.92 Å². The van der Waals surface area contributed by atoms with Crippen LogP contribution in [0.4, 0.5) is 13.2 Å². The Labute approximate surface area is 177 Å². The molecule has 0 bridgehead atoms. The Hall–Kier alpha value is -3.74. The van der Waals surface area contributed by atoms with E-state index in [0.717, 1.165) is 17.7 Å². The van der Waals surface area contributed by atoms with E-state index in [4.69, 9.17) is 9.47 Å². The normalized spacial score (nSPS) is 11.5. The van der Waals surface area contributed by atoms with Crippen LogP contribution >= 0.6 is 0 Å². The predicted octanol–water partition coefficient (Wildman–Crippen LogP) is 6.60. The molecule has 0 aliphatic carbocycles. The third kappa shape index (κ3) is 6.12. The van der Waals surface area contributed by atoms with E-state index in [9.17, 15) is 23.1 Å². The molecule has 0 unspecified atom stereocenters. The minimum Gasteiger partial charge on any atom is -0.489 e. The van der Waals surface area contributed by atoms with Crippen molar-refractivity contribution < 1.29 is 32.5 Å². The average Bonchev–Trinajstić information content (AvgIpc) is 2.72. The highest BCUT2D eigenvalue weighted by Crippen LogP contribution is 2.30. The van der Waals surface area contributed by atoms with Crippen molar-refractivity contribution in [3.8, 4) is 17.2 Å². The summed E-state index contributed by atoms with van der Waals surface area (Å²) in [4.78, 5) is 11.4. The van der Waals surface area contributed by atoms with Crippen LogP contribution in [0.1, 0.15) is 27.0 Å². The quantitative estimate of drug-likeness (QED) is 0.461. The number of aryl methyl sites for hydroxylation is 1. The SMILES string of the molecule is Cc1ccc(Oc2cccc(OC/C=C/c3ccc(C(F)(F)F)cc3)c2)c(C(=O)O)c1. The minimum atomic E-state index is -4.36. The Bertz CT molecular complexity index is 1090. The van der Waals surface area contributed by atoms with Crippen LogP contribution < -0.4 is 9.47 Å². The fraction of sp³-hybridized carbons (Fsp3) is 0.125. The van der Waals surface area contributed by atoms with Gasteiger partial charge in [-0.05, 0) is 55.0 Å². The Balaban J connectivity index is 1.61. The van der Waals surface area contributed by atoms with E-state index in [1.807, 2.05) is 0 Å². The number of halogens is 3. The predicted molar refractivity (Wildman–Crippen MR) is 111 cm³/mol. The van der Waals surface area contributed by atoms with Crippen molar-refractivity contribution in [1.29, 1.82) is 0 Å². The molecule has 0 aromatic heterocycles. The molecule has 0 saturated carbocycles. The third-order valence-electron chi connectivity index (χ3n) is 4.29. The molecule has 3 aromatic carbocycles. The highest BCUT2D eigenvalue weighted by atomic mass is 19.4. The van der Waals surface area contributed by atoms with Crippen LogP contribution in [0.2, 0.25) is 0 Å². The molecule has 0 fully saturated rings. The molecule has 3 aromatic rings. The standard InChI is InChI=1S/C24H19F3O4/c1-16-7-12-22(21(14-16)23(28)29)31-20-6-2-5-19(15-20)30-13-3-4-17-8-10-18(11-9-17)24(25,26)27/h2-12,14-15H,13H2,1H3,(H,28,29)/b4-3+. The Kier molecular flexibility index (Phi) is 6.65. The fourth-order valence-electron chi connectivity index (χ4n) is 2.77. The lowest BCUT2D eigenvalue weighted by atomic mass is 10.1. The molecule has 0 atom stereocenters. The smallest absolute Gasteiger partial charge is 0.416 e. The van der Waals surface area contributed by atoms with E-state index in [0.29, 0.717) is 17.1 Å². The van der Waals surface area contributed by atoms with Crippen molar-refractivity contribution >= 4 is 12.0 Å². The number of carbonyl (C=O) groups is 1. The molecular formula is C24H19F3O4.